The number of rotatable bonds is 4. The fourth-order valence-corrected chi connectivity index (χ4v) is 1.98. The molecule has 1 aliphatic carbocycles. The molecule has 0 aromatic heterocycles. The molecule has 0 aromatic rings. The molecule has 1 unspecified atom stereocenters. The molecule has 0 bridgehead atoms. The Kier molecular flexibility index (Phi) is 2.37. The fourth-order valence-electron chi connectivity index (χ4n) is 1.98. The highest BCUT2D eigenvalue weighted by Crippen LogP contribution is 2.27. The van der Waals surface area contributed by atoms with E-state index in [4.69, 9.17) is 0 Å². The van der Waals surface area contributed by atoms with Gasteiger partial charge in [-0.1, -0.05) is 6.92 Å². The SMILES string of the molecule is CC(CN(C)C1CC1)C1CNC1. The minimum Gasteiger partial charge on any atom is -0.316 e. The van der Waals surface area contributed by atoms with Crippen LogP contribution >= 0.6 is 0 Å². The van der Waals surface area contributed by atoms with Crippen LogP contribution in [0.2, 0.25) is 0 Å². The van der Waals surface area contributed by atoms with Crippen LogP contribution in [0, 0.1) is 11.8 Å². The molecule has 2 rings (SSSR count). The maximum Gasteiger partial charge on any atom is 0.00934 e. The zero-order chi connectivity index (χ0) is 8.55. The van der Waals surface area contributed by atoms with Crippen molar-refractivity contribution in [1.29, 1.82) is 0 Å². The van der Waals surface area contributed by atoms with E-state index in [2.05, 4.69) is 24.2 Å². The van der Waals surface area contributed by atoms with Crippen molar-refractivity contribution in [1.82, 2.24) is 10.2 Å². The van der Waals surface area contributed by atoms with Gasteiger partial charge in [0.25, 0.3) is 0 Å². The van der Waals surface area contributed by atoms with Crippen LogP contribution in [-0.2, 0) is 0 Å². The van der Waals surface area contributed by atoms with Gasteiger partial charge in [-0.15, -0.1) is 0 Å². The van der Waals surface area contributed by atoms with Gasteiger partial charge in [-0.05, 0) is 44.8 Å². The summed E-state index contributed by atoms with van der Waals surface area (Å²) in [5.74, 6) is 1.84. The van der Waals surface area contributed by atoms with Crippen molar-refractivity contribution in [2.45, 2.75) is 25.8 Å². The summed E-state index contributed by atoms with van der Waals surface area (Å²) in [6.45, 7) is 6.20. The van der Waals surface area contributed by atoms with Crippen LogP contribution in [-0.4, -0.2) is 37.6 Å². The highest BCUT2D eigenvalue weighted by molar-refractivity contribution is 4.86. The van der Waals surface area contributed by atoms with E-state index in [9.17, 15) is 0 Å². The molecule has 1 atom stereocenters. The first-order valence-electron chi connectivity index (χ1n) is 5.18. The van der Waals surface area contributed by atoms with Crippen LogP contribution in [0.3, 0.4) is 0 Å². The van der Waals surface area contributed by atoms with Crippen LogP contribution in [0.1, 0.15) is 19.8 Å². The second-order valence-corrected chi connectivity index (χ2v) is 4.57. The highest BCUT2D eigenvalue weighted by Gasteiger charge is 2.30. The van der Waals surface area contributed by atoms with Crippen molar-refractivity contribution in [2.24, 2.45) is 11.8 Å². The second kappa shape index (κ2) is 3.35. The summed E-state index contributed by atoms with van der Waals surface area (Å²) in [6.07, 6.45) is 2.87. The van der Waals surface area contributed by atoms with Gasteiger partial charge in [0.1, 0.15) is 0 Å². The molecule has 0 spiro atoms. The zero-order valence-electron chi connectivity index (χ0n) is 8.21. The third kappa shape index (κ3) is 1.80. The molecule has 2 fully saturated rings. The lowest BCUT2D eigenvalue weighted by atomic mass is 9.88. The van der Waals surface area contributed by atoms with Gasteiger partial charge in [-0.3, -0.25) is 0 Å². The Morgan fingerprint density at radius 3 is 2.50 bits per heavy atom. The van der Waals surface area contributed by atoms with E-state index in [1.807, 2.05) is 0 Å². The van der Waals surface area contributed by atoms with Gasteiger partial charge in [-0.2, -0.15) is 0 Å². The molecular weight excluding hydrogens is 148 g/mol. The molecule has 2 heteroatoms. The first kappa shape index (κ1) is 8.52. The monoisotopic (exact) mass is 168 g/mol. The molecule has 1 saturated heterocycles. The first-order chi connectivity index (χ1) is 5.77. The van der Waals surface area contributed by atoms with Crippen molar-refractivity contribution < 1.29 is 0 Å². The van der Waals surface area contributed by atoms with Gasteiger partial charge >= 0.3 is 0 Å². The van der Waals surface area contributed by atoms with Crippen molar-refractivity contribution in [3.8, 4) is 0 Å². The summed E-state index contributed by atoms with van der Waals surface area (Å²) in [4.78, 5) is 2.54. The molecular formula is C10H20N2. The molecule has 1 aliphatic heterocycles. The third-order valence-electron chi connectivity index (χ3n) is 3.36. The number of hydrogen-bond acceptors (Lipinski definition) is 2. The maximum absolute atomic E-state index is 3.34. The standard InChI is InChI=1S/C10H20N2/c1-8(9-5-11-6-9)7-12(2)10-3-4-10/h8-11H,3-7H2,1-2H3. The van der Waals surface area contributed by atoms with Gasteiger partial charge in [0.15, 0.2) is 0 Å². The van der Waals surface area contributed by atoms with Crippen molar-refractivity contribution in [3.05, 3.63) is 0 Å². The van der Waals surface area contributed by atoms with Crippen molar-refractivity contribution >= 4 is 0 Å². The van der Waals surface area contributed by atoms with Crippen LogP contribution < -0.4 is 5.32 Å². The molecule has 1 N–H and O–H groups in total. The Bertz CT molecular complexity index is 150. The summed E-state index contributed by atoms with van der Waals surface area (Å²) < 4.78 is 0. The van der Waals surface area contributed by atoms with E-state index in [1.165, 1.54) is 32.5 Å². The van der Waals surface area contributed by atoms with Gasteiger partial charge in [0.05, 0.1) is 0 Å². The first-order valence-corrected chi connectivity index (χ1v) is 5.18. The normalized spacial score (nSPS) is 27.2. The molecule has 2 nitrogen and oxygen atoms in total. The lowest BCUT2D eigenvalue weighted by Crippen LogP contribution is -2.48. The second-order valence-electron chi connectivity index (χ2n) is 4.57. The van der Waals surface area contributed by atoms with Crippen molar-refractivity contribution in [2.75, 3.05) is 26.7 Å². The quantitative estimate of drug-likeness (QED) is 0.672. The fraction of sp³-hybridized carbons (Fsp3) is 1.00. The summed E-state index contributed by atoms with van der Waals surface area (Å²) in [5, 5.41) is 3.34. The number of hydrogen-bond donors (Lipinski definition) is 1. The predicted molar refractivity (Wildman–Crippen MR) is 51.2 cm³/mol. The van der Waals surface area contributed by atoms with E-state index < -0.39 is 0 Å². The van der Waals surface area contributed by atoms with Crippen LogP contribution in [0.5, 0.6) is 0 Å². The lowest BCUT2D eigenvalue weighted by molar-refractivity contribution is 0.182. The van der Waals surface area contributed by atoms with E-state index in [0.29, 0.717) is 0 Å². The van der Waals surface area contributed by atoms with Gasteiger partial charge in [0.2, 0.25) is 0 Å². The maximum atomic E-state index is 3.34. The summed E-state index contributed by atoms with van der Waals surface area (Å²) in [6, 6.07) is 0.931. The Hall–Kier alpha value is -0.0800. The van der Waals surface area contributed by atoms with Gasteiger partial charge in [0, 0.05) is 12.6 Å². The van der Waals surface area contributed by atoms with E-state index >= 15 is 0 Å². The predicted octanol–water partition coefficient (Wildman–Crippen LogP) is 0.936. The van der Waals surface area contributed by atoms with Gasteiger partial charge < -0.3 is 10.2 Å². The summed E-state index contributed by atoms with van der Waals surface area (Å²) in [5.41, 5.74) is 0. The Labute approximate surface area is 75.3 Å². The minimum absolute atomic E-state index is 0.886. The van der Waals surface area contributed by atoms with E-state index in [-0.39, 0.29) is 0 Å². The number of nitrogens with zero attached hydrogens (tertiary/aromatic N) is 1. The highest BCUT2D eigenvalue weighted by atomic mass is 15.2. The summed E-state index contributed by atoms with van der Waals surface area (Å²) in [7, 11) is 2.28. The molecule has 1 heterocycles. The molecule has 0 aromatic carbocycles. The topological polar surface area (TPSA) is 15.3 Å². The largest absolute Gasteiger partial charge is 0.316 e. The lowest BCUT2D eigenvalue weighted by Gasteiger charge is -2.34. The third-order valence-corrected chi connectivity index (χ3v) is 3.36. The summed E-state index contributed by atoms with van der Waals surface area (Å²) >= 11 is 0. The molecule has 70 valence electrons. The molecule has 1 saturated carbocycles. The molecule has 0 radical (unpaired) electrons. The molecule has 2 aliphatic rings. The Balaban J connectivity index is 1.69. The Morgan fingerprint density at radius 2 is 2.08 bits per heavy atom. The average molecular weight is 168 g/mol. The van der Waals surface area contributed by atoms with E-state index in [1.54, 1.807) is 0 Å². The van der Waals surface area contributed by atoms with Gasteiger partial charge in [-0.25, -0.2) is 0 Å². The zero-order valence-corrected chi connectivity index (χ0v) is 8.21. The number of nitrogens with one attached hydrogen (secondary N) is 1. The Morgan fingerprint density at radius 1 is 1.42 bits per heavy atom. The molecule has 12 heavy (non-hydrogen) atoms. The van der Waals surface area contributed by atoms with E-state index in [0.717, 1.165) is 17.9 Å². The molecule has 0 amide bonds. The van der Waals surface area contributed by atoms with Crippen LogP contribution in [0.15, 0.2) is 0 Å². The minimum atomic E-state index is 0.886. The van der Waals surface area contributed by atoms with Crippen molar-refractivity contribution in [3.63, 3.8) is 0 Å². The average Bonchev–Trinajstić information content (AvgIpc) is 2.61. The van der Waals surface area contributed by atoms with Crippen LogP contribution in [0.25, 0.3) is 0 Å². The smallest absolute Gasteiger partial charge is 0.00934 e. The van der Waals surface area contributed by atoms with Crippen LogP contribution in [0.4, 0.5) is 0 Å².